The summed E-state index contributed by atoms with van der Waals surface area (Å²) in [5.74, 6) is -0.698. The molecule has 2 rings (SSSR count). The van der Waals surface area contributed by atoms with E-state index in [1.54, 1.807) is 25.3 Å². The lowest BCUT2D eigenvalue weighted by Crippen LogP contribution is -2.33. The van der Waals surface area contributed by atoms with Crippen LogP contribution in [0.3, 0.4) is 0 Å². The average Bonchev–Trinajstić information content (AvgIpc) is 3.06. The lowest BCUT2D eigenvalue weighted by molar-refractivity contribution is 0.0925. The molecule has 0 aliphatic rings. The summed E-state index contributed by atoms with van der Waals surface area (Å²) in [5, 5.41) is 5.79. The molecule has 0 aliphatic carbocycles. The Hall–Kier alpha value is -1.87. The van der Waals surface area contributed by atoms with Gasteiger partial charge in [0.25, 0.3) is 5.91 Å². The molecule has 1 aromatic heterocycles. The van der Waals surface area contributed by atoms with Crippen LogP contribution in [-0.4, -0.2) is 47.7 Å². The number of furan rings is 1. The normalized spacial score (nSPS) is 11.0. The van der Waals surface area contributed by atoms with Crippen LogP contribution in [0.1, 0.15) is 16.1 Å². The third kappa shape index (κ3) is 6.45. The van der Waals surface area contributed by atoms with Crippen molar-refractivity contribution >= 4 is 28.2 Å². The predicted octanol–water partition coefficient (Wildman–Crippen LogP) is 1.64. The fraction of sp³-hybridized carbons (Fsp3) is 0.353. The first-order valence-electron chi connectivity index (χ1n) is 7.86. The quantitative estimate of drug-likeness (QED) is 0.586. The summed E-state index contributed by atoms with van der Waals surface area (Å²) in [6, 6.07) is 9.63. The fourth-order valence-electron chi connectivity index (χ4n) is 2.21. The van der Waals surface area contributed by atoms with E-state index in [0.717, 1.165) is 0 Å². The second-order valence-electron chi connectivity index (χ2n) is 5.35. The Morgan fingerprint density at radius 2 is 1.85 bits per heavy atom. The third-order valence-corrected chi connectivity index (χ3v) is 5.15. The number of methoxy groups -OCH3 is 1. The van der Waals surface area contributed by atoms with Gasteiger partial charge >= 0.3 is 0 Å². The van der Waals surface area contributed by atoms with Gasteiger partial charge < -0.3 is 19.8 Å². The lowest BCUT2D eigenvalue weighted by atomic mass is 10.2. The second-order valence-corrected chi connectivity index (χ2v) is 7.34. The van der Waals surface area contributed by atoms with E-state index < -0.39 is 15.7 Å². The second kappa shape index (κ2) is 11.0. The maximum Gasteiger partial charge on any atom is 0.287 e. The van der Waals surface area contributed by atoms with E-state index in [-0.39, 0.29) is 28.8 Å². The first-order chi connectivity index (χ1) is 12.0. The van der Waals surface area contributed by atoms with E-state index in [0.29, 0.717) is 31.8 Å². The molecule has 0 bridgehead atoms. The van der Waals surface area contributed by atoms with Gasteiger partial charge in [-0.2, -0.15) is 0 Å². The zero-order valence-corrected chi connectivity index (χ0v) is 16.1. The molecular formula is C17H23ClN2O5S. The number of halogens is 1. The van der Waals surface area contributed by atoms with Gasteiger partial charge in [-0.3, -0.25) is 4.79 Å². The minimum Gasteiger partial charge on any atom is -0.459 e. The summed E-state index contributed by atoms with van der Waals surface area (Å²) in [4.78, 5) is 12.4. The molecule has 0 radical (unpaired) electrons. The van der Waals surface area contributed by atoms with E-state index in [4.69, 9.17) is 9.15 Å². The van der Waals surface area contributed by atoms with Crippen LogP contribution < -0.4 is 10.6 Å². The number of hydrogen-bond donors (Lipinski definition) is 2. The summed E-state index contributed by atoms with van der Waals surface area (Å²) < 4.78 is 35.0. The van der Waals surface area contributed by atoms with Gasteiger partial charge in [0.1, 0.15) is 0 Å². The average molecular weight is 403 g/mol. The molecule has 0 unspecified atom stereocenters. The van der Waals surface area contributed by atoms with Crippen molar-refractivity contribution in [2.24, 2.45) is 0 Å². The van der Waals surface area contributed by atoms with Crippen molar-refractivity contribution in [2.45, 2.75) is 10.6 Å². The van der Waals surface area contributed by atoms with Gasteiger partial charge in [-0.05, 0) is 18.2 Å². The van der Waals surface area contributed by atoms with E-state index in [1.165, 1.54) is 24.5 Å². The molecule has 0 atom stereocenters. The summed E-state index contributed by atoms with van der Waals surface area (Å²) in [6.07, 6.45) is 1.32. The molecule has 0 aliphatic heterocycles. The first kappa shape index (κ1) is 22.2. The number of hydrogen-bond acceptors (Lipinski definition) is 6. The molecule has 0 saturated carbocycles. The first-order valence-corrected chi connectivity index (χ1v) is 9.52. The molecule has 144 valence electrons. The maximum absolute atomic E-state index is 12.4. The van der Waals surface area contributed by atoms with Crippen LogP contribution in [0.15, 0.2) is 52.0 Å². The number of nitrogens with one attached hydrogen (secondary N) is 2. The van der Waals surface area contributed by atoms with Crippen LogP contribution in [0.5, 0.6) is 0 Å². The van der Waals surface area contributed by atoms with Gasteiger partial charge in [0.2, 0.25) is 0 Å². The Balaban J connectivity index is 0.00000338. The smallest absolute Gasteiger partial charge is 0.287 e. The van der Waals surface area contributed by atoms with Gasteiger partial charge in [-0.15, -0.1) is 12.4 Å². The molecule has 2 N–H and O–H groups in total. The number of benzene rings is 1. The Kier molecular flexibility index (Phi) is 9.36. The number of rotatable bonds is 10. The van der Waals surface area contributed by atoms with Crippen LogP contribution in [0.4, 0.5) is 0 Å². The highest BCUT2D eigenvalue weighted by atomic mass is 35.5. The van der Waals surface area contributed by atoms with Crippen molar-refractivity contribution in [1.29, 1.82) is 0 Å². The fourth-order valence-corrected chi connectivity index (χ4v) is 3.58. The summed E-state index contributed by atoms with van der Waals surface area (Å²) in [5.41, 5.74) is 0.341. The van der Waals surface area contributed by atoms with Crippen molar-refractivity contribution in [3.63, 3.8) is 0 Å². The Morgan fingerprint density at radius 1 is 1.12 bits per heavy atom. The van der Waals surface area contributed by atoms with Gasteiger partial charge in [-0.1, -0.05) is 18.2 Å². The molecule has 1 heterocycles. The number of carbonyl (C=O) groups excluding carboxylic acids is 1. The molecule has 9 heteroatoms. The SMILES string of the molecule is COCCNCCNC(=O)c1occc1CS(=O)(=O)c1ccccc1.Cl. The predicted molar refractivity (Wildman–Crippen MR) is 100 cm³/mol. The van der Waals surface area contributed by atoms with Crippen molar-refractivity contribution in [2.75, 3.05) is 33.4 Å². The zero-order valence-electron chi connectivity index (χ0n) is 14.4. The Bertz CT molecular complexity index is 777. The van der Waals surface area contributed by atoms with Gasteiger partial charge in [0, 0.05) is 32.3 Å². The molecule has 7 nitrogen and oxygen atoms in total. The van der Waals surface area contributed by atoms with Crippen molar-refractivity contribution in [3.05, 3.63) is 54.0 Å². The molecule has 26 heavy (non-hydrogen) atoms. The maximum atomic E-state index is 12.4. The lowest BCUT2D eigenvalue weighted by Gasteiger charge is -2.07. The topological polar surface area (TPSA) is 97.6 Å². The van der Waals surface area contributed by atoms with Crippen LogP contribution >= 0.6 is 12.4 Å². The van der Waals surface area contributed by atoms with E-state index in [9.17, 15) is 13.2 Å². The monoisotopic (exact) mass is 402 g/mol. The van der Waals surface area contributed by atoms with Crippen LogP contribution in [0, 0.1) is 0 Å². The van der Waals surface area contributed by atoms with E-state index in [1.807, 2.05) is 0 Å². The highest BCUT2D eigenvalue weighted by Crippen LogP contribution is 2.19. The number of carbonyl (C=O) groups is 1. The Labute approximate surface area is 159 Å². The van der Waals surface area contributed by atoms with Crippen LogP contribution in [-0.2, 0) is 20.3 Å². The molecule has 0 spiro atoms. The van der Waals surface area contributed by atoms with Crippen LogP contribution in [0.2, 0.25) is 0 Å². The molecule has 1 aromatic carbocycles. The van der Waals surface area contributed by atoms with Gasteiger partial charge in [0.05, 0.1) is 23.5 Å². The number of ether oxygens (including phenoxy) is 1. The standard InChI is InChI=1S/C17H22N2O5S.ClH/c1-23-12-10-18-8-9-19-17(20)16-14(7-11-24-16)13-25(21,22)15-5-3-2-4-6-15;/h2-7,11,18H,8-10,12-13H2,1H3,(H,19,20);1H. The van der Waals surface area contributed by atoms with E-state index >= 15 is 0 Å². The third-order valence-electron chi connectivity index (χ3n) is 3.47. The highest BCUT2D eigenvalue weighted by molar-refractivity contribution is 7.90. The number of amides is 1. The molecule has 0 fully saturated rings. The molecular weight excluding hydrogens is 380 g/mol. The zero-order chi connectivity index (χ0) is 18.1. The summed E-state index contributed by atoms with van der Waals surface area (Å²) in [6.45, 7) is 2.25. The Morgan fingerprint density at radius 3 is 2.54 bits per heavy atom. The van der Waals surface area contributed by atoms with Gasteiger partial charge in [0.15, 0.2) is 15.6 Å². The largest absolute Gasteiger partial charge is 0.459 e. The summed E-state index contributed by atoms with van der Waals surface area (Å²) in [7, 11) is -1.92. The minimum atomic E-state index is -3.54. The van der Waals surface area contributed by atoms with Crippen LogP contribution in [0.25, 0.3) is 0 Å². The van der Waals surface area contributed by atoms with E-state index in [2.05, 4.69) is 10.6 Å². The summed E-state index contributed by atoms with van der Waals surface area (Å²) >= 11 is 0. The van der Waals surface area contributed by atoms with Crippen molar-refractivity contribution < 1.29 is 22.4 Å². The molecule has 0 saturated heterocycles. The molecule has 1 amide bonds. The minimum absolute atomic E-state index is 0. The molecule has 2 aromatic rings. The van der Waals surface area contributed by atoms with Gasteiger partial charge in [-0.25, -0.2) is 8.42 Å². The number of sulfone groups is 1. The van der Waals surface area contributed by atoms with Crippen molar-refractivity contribution in [1.82, 2.24) is 10.6 Å². The van der Waals surface area contributed by atoms with Crippen molar-refractivity contribution in [3.8, 4) is 0 Å². The highest BCUT2D eigenvalue weighted by Gasteiger charge is 2.22.